The number of primary amides is 1. The summed E-state index contributed by atoms with van der Waals surface area (Å²) >= 11 is 0. The van der Waals surface area contributed by atoms with E-state index >= 15 is 0 Å². The van der Waals surface area contributed by atoms with Gasteiger partial charge in [0, 0.05) is 11.5 Å². The summed E-state index contributed by atoms with van der Waals surface area (Å²) in [6, 6.07) is 20.9. The number of aromatic carboxylic acids is 1. The van der Waals surface area contributed by atoms with E-state index in [9.17, 15) is 14.7 Å². The van der Waals surface area contributed by atoms with Crippen LogP contribution in [0.15, 0.2) is 72.8 Å². The normalized spacial score (nSPS) is 15.0. The van der Waals surface area contributed by atoms with Crippen LogP contribution in [-0.2, 0) is 0 Å². The highest BCUT2D eigenvalue weighted by Gasteiger charge is 2.24. The predicted octanol–water partition coefficient (Wildman–Crippen LogP) is 4.95. The van der Waals surface area contributed by atoms with E-state index in [1.54, 1.807) is 24.3 Å². The van der Waals surface area contributed by atoms with Crippen molar-refractivity contribution in [1.29, 1.82) is 0 Å². The Labute approximate surface area is 166 Å². The van der Waals surface area contributed by atoms with Crippen molar-refractivity contribution in [1.82, 2.24) is 0 Å². The van der Waals surface area contributed by atoms with Crippen molar-refractivity contribution in [3.63, 3.8) is 0 Å². The third kappa shape index (κ3) is 2.69. The number of carboxylic acids is 1. The molecule has 0 saturated carbocycles. The maximum absolute atomic E-state index is 12.1. The number of hydrogen-bond acceptors (Lipinski definition) is 2. The lowest BCUT2D eigenvalue weighted by atomic mass is 9.80. The van der Waals surface area contributed by atoms with Crippen LogP contribution in [0, 0.1) is 0 Å². The fourth-order valence-electron chi connectivity index (χ4n) is 4.28. The highest BCUT2D eigenvalue weighted by molar-refractivity contribution is 6.02. The minimum absolute atomic E-state index is 0.193. The molecule has 0 saturated heterocycles. The molecule has 0 fully saturated rings. The van der Waals surface area contributed by atoms with Crippen molar-refractivity contribution < 1.29 is 14.7 Å². The molecule has 1 aliphatic carbocycles. The Morgan fingerprint density at radius 3 is 2.38 bits per heavy atom. The number of allylic oxidation sites excluding steroid dienone is 1. The standard InChI is InChI=1S/C25H17NO3/c26-24(27)17-8-7-16-12-22(25(28)29)21(13-18(16)11-17)19-10-9-15-4-1-3-14-5-2-6-20(19)23(14)15/h1-13,19H,(H2,26,27)(H,28,29). The molecule has 4 aromatic rings. The van der Waals surface area contributed by atoms with Crippen LogP contribution >= 0.6 is 0 Å². The predicted molar refractivity (Wildman–Crippen MR) is 114 cm³/mol. The number of nitrogens with two attached hydrogens (primary N) is 1. The highest BCUT2D eigenvalue weighted by Crippen LogP contribution is 2.40. The van der Waals surface area contributed by atoms with Crippen molar-refractivity contribution in [3.05, 3.63) is 101 Å². The van der Waals surface area contributed by atoms with Gasteiger partial charge in [-0.25, -0.2) is 4.79 Å². The van der Waals surface area contributed by atoms with E-state index in [2.05, 4.69) is 30.3 Å². The Bertz CT molecular complexity index is 1360. The monoisotopic (exact) mass is 379 g/mol. The van der Waals surface area contributed by atoms with Gasteiger partial charge in [0.15, 0.2) is 0 Å². The van der Waals surface area contributed by atoms with Gasteiger partial charge in [-0.2, -0.15) is 0 Å². The minimum Gasteiger partial charge on any atom is -0.478 e. The zero-order chi connectivity index (χ0) is 20.1. The first-order valence-electron chi connectivity index (χ1n) is 9.33. The van der Waals surface area contributed by atoms with Gasteiger partial charge in [0.25, 0.3) is 0 Å². The SMILES string of the molecule is NC(=O)c1ccc2cc(C(=O)O)c(C3C=Cc4cccc5cccc3c45)cc2c1. The molecule has 5 rings (SSSR count). The van der Waals surface area contributed by atoms with E-state index in [4.69, 9.17) is 5.73 Å². The second-order valence-corrected chi connectivity index (χ2v) is 7.30. The number of rotatable bonds is 3. The second kappa shape index (κ2) is 6.31. The Kier molecular flexibility index (Phi) is 3.74. The average molecular weight is 379 g/mol. The van der Waals surface area contributed by atoms with Gasteiger partial charge in [-0.05, 0) is 62.5 Å². The molecule has 0 heterocycles. The molecule has 4 nitrogen and oxygen atoms in total. The zero-order valence-electron chi connectivity index (χ0n) is 15.4. The molecule has 1 atom stereocenters. The minimum atomic E-state index is -0.972. The van der Waals surface area contributed by atoms with E-state index in [1.165, 1.54) is 0 Å². The first-order chi connectivity index (χ1) is 14.0. The number of carbonyl (C=O) groups excluding carboxylic acids is 1. The van der Waals surface area contributed by atoms with Gasteiger partial charge >= 0.3 is 5.97 Å². The quantitative estimate of drug-likeness (QED) is 0.528. The number of carbonyl (C=O) groups is 2. The Morgan fingerprint density at radius 2 is 1.62 bits per heavy atom. The molecular formula is C25H17NO3. The van der Waals surface area contributed by atoms with Crippen LogP contribution in [0.5, 0.6) is 0 Å². The average Bonchev–Trinajstić information content (AvgIpc) is 2.73. The molecule has 1 unspecified atom stereocenters. The Balaban J connectivity index is 1.79. The number of benzene rings is 4. The van der Waals surface area contributed by atoms with Gasteiger partial charge in [-0.1, -0.05) is 54.6 Å². The number of amides is 1. The third-order valence-corrected chi connectivity index (χ3v) is 5.63. The van der Waals surface area contributed by atoms with Gasteiger partial charge < -0.3 is 10.8 Å². The molecule has 29 heavy (non-hydrogen) atoms. The van der Waals surface area contributed by atoms with Crippen LogP contribution in [0.2, 0.25) is 0 Å². The van der Waals surface area contributed by atoms with Crippen LogP contribution in [-0.4, -0.2) is 17.0 Å². The number of fused-ring (bicyclic) bond motifs is 1. The Hall–Kier alpha value is -3.92. The summed E-state index contributed by atoms with van der Waals surface area (Å²) in [5.74, 6) is -1.67. The van der Waals surface area contributed by atoms with E-state index in [0.29, 0.717) is 11.1 Å². The van der Waals surface area contributed by atoms with Crippen molar-refractivity contribution in [2.45, 2.75) is 5.92 Å². The fourth-order valence-corrected chi connectivity index (χ4v) is 4.28. The van der Waals surface area contributed by atoms with Crippen LogP contribution in [0.4, 0.5) is 0 Å². The molecular weight excluding hydrogens is 362 g/mol. The van der Waals surface area contributed by atoms with Gasteiger partial charge in [0.05, 0.1) is 5.56 Å². The third-order valence-electron chi connectivity index (χ3n) is 5.63. The first-order valence-corrected chi connectivity index (χ1v) is 9.33. The molecule has 0 aromatic heterocycles. The van der Waals surface area contributed by atoms with Gasteiger partial charge in [-0.3, -0.25) is 4.79 Å². The fraction of sp³-hybridized carbons (Fsp3) is 0.0400. The molecule has 0 radical (unpaired) electrons. The van der Waals surface area contributed by atoms with E-state index in [0.717, 1.165) is 32.7 Å². The topological polar surface area (TPSA) is 80.4 Å². The van der Waals surface area contributed by atoms with Crippen LogP contribution < -0.4 is 5.73 Å². The lowest BCUT2D eigenvalue weighted by Crippen LogP contribution is -2.11. The lowest BCUT2D eigenvalue weighted by Gasteiger charge is -2.23. The van der Waals surface area contributed by atoms with Crippen molar-refractivity contribution in [2.75, 3.05) is 0 Å². The summed E-state index contributed by atoms with van der Waals surface area (Å²) in [7, 11) is 0. The molecule has 4 aromatic carbocycles. The summed E-state index contributed by atoms with van der Waals surface area (Å²) < 4.78 is 0. The molecule has 0 spiro atoms. The molecule has 0 aliphatic heterocycles. The lowest BCUT2D eigenvalue weighted by molar-refractivity contribution is 0.0695. The Morgan fingerprint density at radius 1 is 0.828 bits per heavy atom. The van der Waals surface area contributed by atoms with E-state index in [1.807, 2.05) is 24.3 Å². The number of carboxylic acid groups (broad SMARTS) is 1. The maximum atomic E-state index is 12.1. The molecule has 140 valence electrons. The van der Waals surface area contributed by atoms with Crippen LogP contribution in [0.1, 0.15) is 43.3 Å². The molecule has 0 bridgehead atoms. The van der Waals surface area contributed by atoms with Crippen molar-refractivity contribution in [2.24, 2.45) is 5.73 Å². The summed E-state index contributed by atoms with van der Waals surface area (Å²) in [5.41, 5.74) is 8.99. The van der Waals surface area contributed by atoms with Crippen LogP contribution in [0.25, 0.3) is 27.6 Å². The van der Waals surface area contributed by atoms with Gasteiger partial charge in [-0.15, -0.1) is 0 Å². The summed E-state index contributed by atoms with van der Waals surface area (Å²) in [6.07, 6.45) is 4.10. The summed E-state index contributed by atoms with van der Waals surface area (Å²) in [4.78, 5) is 23.7. The number of hydrogen-bond donors (Lipinski definition) is 2. The van der Waals surface area contributed by atoms with Gasteiger partial charge in [0.2, 0.25) is 5.91 Å². The maximum Gasteiger partial charge on any atom is 0.336 e. The first kappa shape index (κ1) is 17.2. The van der Waals surface area contributed by atoms with Crippen LogP contribution in [0.3, 0.4) is 0 Å². The molecule has 3 N–H and O–H groups in total. The summed E-state index contributed by atoms with van der Waals surface area (Å²) in [6.45, 7) is 0. The molecule has 4 heteroatoms. The molecule has 1 aliphatic rings. The van der Waals surface area contributed by atoms with E-state index in [-0.39, 0.29) is 11.5 Å². The molecule has 1 amide bonds. The van der Waals surface area contributed by atoms with E-state index < -0.39 is 11.9 Å². The zero-order valence-corrected chi connectivity index (χ0v) is 15.4. The summed E-state index contributed by atoms with van der Waals surface area (Å²) in [5, 5.41) is 13.7. The largest absolute Gasteiger partial charge is 0.478 e. The second-order valence-electron chi connectivity index (χ2n) is 7.30. The highest BCUT2D eigenvalue weighted by atomic mass is 16.4. The van der Waals surface area contributed by atoms with Crippen molar-refractivity contribution in [3.8, 4) is 0 Å². The smallest absolute Gasteiger partial charge is 0.336 e. The van der Waals surface area contributed by atoms with Gasteiger partial charge in [0.1, 0.15) is 0 Å². The van der Waals surface area contributed by atoms with Crippen molar-refractivity contribution >= 4 is 39.5 Å².